The summed E-state index contributed by atoms with van der Waals surface area (Å²) in [6.45, 7) is 5.07. The van der Waals surface area contributed by atoms with Crippen LogP contribution in [0.1, 0.15) is 26.3 Å². The fourth-order valence-corrected chi connectivity index (χ4v) is 1.51. The Morgan fingerprint density at radius 3 is 2.43 bits per heavy atom. The number of hydrogen-bond donors (Lipinski definition) is 2. The van der Waals surface area contributed by atoms with Crippen LogP contribution in [0.3, 0.4) is 0 Å². The third-order valence-electron chi connectivity index (χ3n) is 2.31. The van der Waals surface area contributed by atoms with Crippen LogP contribution >= 0.6 is 0 Å². The van der Waals surface area contributed by atoms with Crippen molar-refractivity contribution in [1.82, 2.24) is 0 Å². The quantitative estimate of drug-likeness (QED) is 0.894. The highest BCUT2D eigenvalue weighted by molar-refractivity contribution is 5.85. The molecule has 0 fully saturated rings. The molecular weight excluding hydrogens is 284 g/mol. The highest BCUT2D eigenvalue weighted by atomic mass is 19.3. The lowest BCUT2D eigenvalue weighted by Gasteiger charge is -2.20. The van der Waals surface area contributed by atoms with Crippen LogP contribution in [-0.2, 0) is 16.0 Å². The molecule has 0 aliphatic carbocycles. The van der Waals surface area contributed by atoms with Crippen LogP contribution in [0.4, 0.5) is 19.3 Å². The van der Waals surface area contributed by atoms with Crippen LogP contribution in [-0.4, -0.2) is 28.7 Å². The molecule has 1 rings (SSSR count). The molecule has 0 radical (unpaired) electrons. The van der Waals surface area contributed by atoms with Crippen molar-refractivity contribution in [3.05, 3.63) is 29.8 Å². The summed E-state index contributed by atoms with van der Waals surface area (Å²) < 4.78 is 31.3. The van der Waals surface area contributed by atoms with Crippen molar-refractivity contribution in [2.75, 3.05) is 5.32 Å². The molecule has 0 heterocycles. The summed E-state index contributed by atoms with van der Waals surface area (Å²) in [6.07, 6.45) is -1.67. The Kier molecular flexibility index (Phi) is 4.88. The summed E-state index contributed by atoms with van der Waals surface area (Å²) >= 11 is 0. The van der Waals surface area contributed by atoms with Crippen molar-refractivity contribution in [3.63, 3.8) is 0 Å². The maximum absolute atomic E-state index is 13.1. The zero-order valence-corrected chi connectivity index (χ0v) is 11.9. The van der Waals surface area contributed by atoms with E-state index in [0.717, 1.165) is 0 Å². The van der Waals surface area contributed by atoms with E-state index in [1.54, 1.807) is 20.8 Å². The number of alkyl halides is 2. The molecule has 1 amide bonds. The van der Waals surface area contributed by atoms with Crippen LogP contribution in [0.15, 0.2) is 24.3 Å². The van der Waals surface area contributed by atoms with Crippen molar-refractivity contribution in [3.8, 4) is 0 Å². The van der Waals surface area contributed by atoms with E-state index in [0.29, 0.717) is 0 Å². The summed E-state index contributed by atoms with van der Waals surface area (Å²) in [5.41, 5.74) is -0.336. The van der Waals surface area contributed by atoms with Gasteiger partial charge >= 0.3 is 18.0 Å². The Balaban J connectivity index is 2.78. The molecule has 0 unspecified atom stereocenters. The second-order valence-corrected chi connectivity index (χ2v) is 5.51. The molecule has 21 heavy (non-hydrogen) atoms. The van der Waals surface area contributed by atoms with Crippen molar-refractivity contribution in [2.24, 2.45) is 0 Å². The first-order chi connectivity index (χ1) is 9.49. The lowest BCUT2D eigenvalue weighted by Crippen LogP contribution is -2.30. The van der Waals surface area contributed by atoms with E-state index in [-0.39, 0.29) is 11.3 Å². The van der Waals surface area contributed by atoms with Crippen LogP contribution < -0.4 is 5.32 Å². The summed E-state index contributed by atoms with van der Waals surface area (Å²) in [7, 11) is 0. The van der Waals surface area contributed by atoms with Crippen LogP contribution in [0.5, 0.6) is 0 Å². The summed E-state index contributed by atoms with van der Waals surface area (Å²) in [4.78, 5) is 22.0. The Morgan fingerprint density at radius 1 is 1.29 bits per heavy atom. The number of carbonyl (C=O) groups excluding carboxylic acids is 1. The number of amides is 1. The summed E-state index contributed by atoms with van der Waals surface area (Å²) in [6, 6.07) is 5.57. The van der Waals surface area contributed by atoms with Crippen molar-refractivity contribution >= 4 is 17.7 Å². The topological polar surface area (TPSA) is 75.6 Å². The largest absolute Gasteiger partial charge is 0.477 e. The minimum absolute atomic E-state index is 0.0935. The first-order valence-corrected chi connectivity index (χ1v) is 6.20. The Morgan fingerprint density at radius 2 is 1.90 bits per heavy atom. The SMILES string of the molecule is CC(C)(C)OC(=O)Nc1cccc(CC(F)(F)C(=O)O)c1. The van der Waals surface area contributed by atoms with Gasteiger partial charge in [-0.05, 0) is 38.5 Å². The summed E-state index contributed by atoms with van der Waals surface area (Å²) in [5.74, 6) is -6.04. The number of nitrogens with one attached hydrogen (secondary N) is 1. The minimum Gasteiger partial charge on any atom is -0.477 e. The smallest absolute Gasteiger partial charge is 0.412 e. The molecule has 0 aliphatic rings. The second kappa shape index (κ2) is 6.07. The average molecular weight is 301 g/mol. The molecule has 5 nitrogen and oxygen atoms in total. The normalized spacial score (nSPS) is 11.9. The van der Waals surface area contributed by atoms with Crippen molar-refractivity contribution in [2.45, 2.75) is 38.7 Å². The van der Waals surface area contributed by atoms with E-state index in [4.69, 9.17) is 9.84 Å². The fourth-order valence-electron chi connectivity index (χ4n) is 1.51. The molecule has 1 aromatic carbocycles. The molecule has 0 bridgehead atoms. The maximum atomic E-state index is 13.1. The van der Waals surface area contributed by atoms with E-state index in [1.165, 1.54) is 24.3 Å². The van der Waals surface area contributed by atoms with E-state index >= 15 is 0 Å². The van der Waals surface area contributed by atoms with Crippen molar-refractivity contribution < 1.29 is 28.2 Å². The highest BCUT2D eigenvalue weighted by Crippen LogP contribution is 2.22. The van der Waals surface area contributed by atoms with Gasteiger partial charge in [0, 0.05) is 12.1 Å². The molecule has 0 aliphatic heterocycles. The first kappa shape index (κ1) is 16.9. The number of halogens is 2. The number of carboxylic acid groups (broad SMARTS) is 1. The predicted molar refractivity (Wildman–Crippen MR) is 72.6 cm³/mol. The Labute approximate surface area is 120 Å². The zero-order chi connectivity index (χ0) is 16.3. The second-order valence-electron chi connectivity index (χ2n) is 5.51. The molecule has 1 aromatic rings. The van der Waals surface area contributed by atoms with E-state index in [9.17, 15) is 18.4 Å². The molecule has 116 valence electrons. The van der Waals surface area contributed by atoms with Crippen molar-refractivity contribution in [1.29, 1.82) is 0 Å². The molecular formula is C14H17F2NO4. The van der Waals surface area contributed by atoms with Gasteiger partial charge in [0.05, 0.1) is 0 Å². The standard InChI is InChI=1S/C14H17F2NO4/c1-13(2,3)21-12(20)17-10-6-4-5-9(7-10)8-14(15,16)11(18)19/h4-7H,8H2,1-3H3,(H,17,20)(H,18,19). The third kappa shape index (κ3) is 5.76. The van der Waals surface area contributed by atoms with Gasteiger partial charge in [-0.3, -0.25) is 5.32 Å². The van der Waals surface area contributed by atoms with Gasteiger partial charge in [-0.2, -0.15) is 8.78 Å². The first-order valence-electron chi connectivity index (χ1n) is 6.20. The fraction of sp³-hybridized carbons (Fsp3) is 0.429. The number of ether oxygens (including phenoxy) is 1. The third-order valence-corrected chi connectivity index (χ3v) is 2.31. The Hall–Kier alpha value is -2.18. The molecule has 0 aromatic heterocycles. The molecule has 0 spiro atoms. The molecule has 7 heteroatoms. The highest BCUT2D eigenvalue weighted by Gasteiger charge is 2.38. The van der Waals surface area contributed by atoms with Gasteiger partial charge in [-0.15, -0.1) is 0 Å². The average Bonchev–Trinajstić information content (AvgIpc) is 2.25. The number of benzene rings is 1. The lowest BCUT2D eigenvalue weighted by molar-refractivity contribution is -0.164. The number of hydrogen-bond acceptors (Lipinski definition) is 3. The molecule has 2 N–H and O–H groups in total. The number of rotatable bonds is 4. The van der Waals surface area contributed by atoms with Gasteiger partial charge in [0.25, 0.3) is 0 Å². The number of anilines is 1. The maximum Gasteiger partial charge on any atom is 0.412 e. The monoisotopic (exact) mass is 301 g/mol. The van der Waals surface area contributed by atoms with Gasteiger partial charge < -0.3 is 9.84 Å². The number of aliphatic carboxylic acids is 1. The van der Waals surface area contributed by atoms with Gasteiger partial charge in [-0.1, -0.05) is 12.1 Å². The Bertz CT molecular complexity index is 538. The van der Waals surface area contributed by atoms with Crippen LogP contribution in [0.25, 0.3) is 0 Å². The molecule has 0 saturated carbocycles. The van der Waals surface area contributed by atoms with E-state index in [2.05, 4.69) is 5.32 Å². The minimum atomic E-state index is -3.86. The van der Waals surface area contributed by atoms with E-state index < -0.39 is 30.0 Å². The number of carboxylic acids is 1. The molecule has 0 saturated heterocycles. The zero-order valence-electron chi connectivity index (χ0n) is 11.9. The van der Waals surface area contributed by atoms with Gasteiger partial charge in [0.1, 0.15) is 5.60 Å². The van der Waals surface area contributed by atoms with Crippen LogP contribution in [0, 0.1) is 0 Å². The van der Waals surface area contributed by atoms with Crippen LogP contribution in [0.2, 0.25) is 0 Å². The number of carbonyl (C=O) groups is 2. The predicted octanol–water partition coefficient (Wildman–Crippen LogP) is 3.30. The molecule has 0 atom stereocenters. The van der Waals surface area contributed by atoms with E-state index in [1.807, 2.05) is 0 Å². The van der Waals surface area contributed by atoms with Gasteiger partial charge in [0.15, 0.2) is 0 Å². The summed E-state index contributed by atoms with van der Waals surface area (Å²) in [5, 5.41) is 10.8. The van der Waals surface area contributed by atoms with Gasteiger partial charge in [0.2, 0.25) is 0 Å². The van der Waals surface area contributed by atoms with Gasteiger partial charge in [-0.25, -0.2) is 9.59 Å². The lowest BCUT2D eigenvalue weighted by atomic mass is 10.1.